The number of carbonyl (C=O) groups is 1. The summed E-state index contributed by atoms with van der Waals surface area (Å²) in [6.45, 7) is 5.78. The van der Waals surface area contributed by atoms with E-state index >= 15 is 0 Å². The van der Waals surface area contributed by atoms with Crippen LogP contribution in [-0.2, 0) is 4.79 Å². The molecule has 0 aliphatic rings. The first kappa shape index (κ1) is 12.7. The molecule has 0 radical (unpaired) electrons. The summed E-state index contributed by atoms with van der Waals surface area (Å²) >= 11 is 0. The smallest absolute Gasteiger partial charge is 0.303 e. The molecule has 0 amide bonds. The van der Waals surface area contributed by atoms with Gasteiger partial charge >= 0.3 is 5.97 Å². The maximum absolute atomic E-state index is 13.0. The Morgan fingerprint density at radius 3 is 2.50 bits per heavy atom. The molecule has 2 nitrogen and oxygen atoms in total. The molecule has 0 spiro atoms. The Kier molecular flexibility index (Phi) is 4.05. The Morgan fingerprint density at radius 1 is 1.44 bits per heavy atom. The van der Waals surface area contributed by atoms with E-state index in [9.17, 15) is 9.18 Å². The van der Waals surface area contributed by atoms with Crippen LogP contribution in [0.25, 0.3) is 0 Å². The van der Waals surface area contributed by atoms with E-state index in [2.05, 4.69) is 0 Å². The molecule has 0 heterocycles. The van der Waals surface area contributed by atoms with Crippen molar-refractivity contribution in [3.8, 4) is 0 Å². The zero-order valence-corrected chi connectivity index (χ0v) is 9.83. The van der Waals surface area contributed by atoms with Gasteiger partial charge in [-0.25, -0.2) is 4.39 Å². The molecule has 16 heavy (non-hydrogen) atoms. The van der Waals surface area contributed by atoms with Gasteiger partial charge < -0.3 is 5.11 Å². The van der Waals surface area contributed by atoms with Crippen molar-refractivity contribution < 1.29 is 14.3 Å². The summed E-state index contributed by atoms with van der Waals surface area (Å²) in [6, 6.07) is 4.53. The standard InChI is InChI=1S/C13H17FO2/c1-8(2)12(7-13(15)16)11-5-4-10(14)6-9(11)3/h4-6,8,12H,7H2,1-3H3,(H,15,16). The summed E-state index contributed by atoms with van der Waals surface area (Å²) in [5.41, 5.74) is 1.75. The van der Waals surface area contributed by atoms with Crippen molar-refractivity contribution in [2.24, 2.45) is 5.92 Å². The van der Waals surface area contributed by atoms with Gasteiger partial charge in [-0.2, -0.15) is 0 Å². The van der Waals surface area contributed by atoms with Crippen molar-refractivity contribution >= 4 is 5.97 Å². The maximum Gasteiger partial charge on any atom is 0.303 e. The highest BCUT2D eigenvalue weighted by Gasteiger charge is 2.20. The summed E-state index contributed by atoms with van der Waals surface area (Å²) in [6.07, 6.45) is 0.0874. The number of halogens is 1. The molecule has 0 saturated carbocycles. The van der Waals surface area contributed by atoms with E-state index < -0.39 is 5.97 Å². The Labute approximate surface area is 95.1 Å². The van der Waals surface area contributed by atoms with Gasteiger partial charge in [0.05, 0.1) is 6.42 Å². The molecule has 1 atom stereocenters. The molecule has 1 rings (SSSR count). The molecular formula is C13H17FO2. The van der Waals surface area contributed by atoms with E-state index in [-0.39, 0.29) is 24.1 Å². The summed E-state index contributed by atoms with van der Waals surface area (Å²) in [7, 11) is 0. The third kappa shape index (κ3) is 3.05. The van der Waals surface area contributed by atoms with Gasteiger partial charge in [0.1, 0.15) is 5.82 Å². The topological polar surface area (TPSA) is 37.3 Å². The minimum Gasteiger partial charge on any atom is -0.481 e. The van der Waals surface area contributed by atoms with Crippen LogP contribution in [0.2, 0.25) is 0 Å². The van der Waals surface area contributed by atoms with E-state index in [4.69, 9.17) is 5.11 Å². The predicted octanol–water partition coefficient (Wildman–Crippen LogP) is 3.35. The Morgan fingerprint density at radius 2 is 2.06 bits per heavy atom. The van der Waals surface area contributed by atoms with Gasteiger partial charge in [-0.05, 0) is 42.0 Å². The lowest BCUT2D eigenvalue weighted by atomic mass is 9.83. The van der Waals surface area contributed by atoms with Gasteiger partial charge in [0.15, 0.2) is 0 Å². The first-order chi connectivity index (χ1) is 7.41. The van der Waals surface area contributed by atoms with Crippen LogP contribution in [0, 0.1) is 18.7 Å². The zero-order valence-electron chi connectivity index (χ0n) is 9.83. The lowest BCUT2D eigenvalue weighted by molar-refractivity contribution is -0.137. The summed E-state index contributed by atoms with van der Waals surface area (Å²) in [5.74, 6) is -0.931. The van der Waals surface area contributed by atoms with Crippen molar-refractivity contribution in [3.05, 3.63) is 35.1 Å². The minimum atomic E-state index is -0.817. The number of rotatable bonds is 4. The summed E-state index contributed by atoms with van der Waals surface area (Å²) in [5, 5.41) is 8.87. The Hall–Kier alpha value is -1.38. The lowest BCUT2D eigenvalue weighted by Gasteiger charge is -2.21. The van der Waals surface area contributed by atoms with E-state index in [0.717, 1.165) is 11.1 Å². The van der Waals surface area contributed by atoms with Gasteiger partial charge in [-0.3, -0.25) is 4.79 Å². The number of aryl methyl sites for hydroxylation is 1. The van der Waals surface area contributed by atoms with Gasteiger partial charge in [-0.15, -0.1) is 0 Å². The van der Waals surface area contributed by atoms with Crippen molar-refractivity contribution in [2.75, 3.05) is 0 Å². The first-order valence-corrected chi connectivity index (χ1v) is 5.39. The summed E-state index contributed by atoms with van der Waals surface area (Å²) < 4.78 is 13.0. The Bertz CT molecular complexity index is 386. The largest absolute Gasteiger partial charge is 0.481 e. The normalized spacial score (nSPS) is 12.8. The molecule has 1 aromatic rings. The van der Waals surface area contributed by atoms with Crippen molar-refractivity contribution in [1.29, 1.82) is 0 Å². The molecular weight excluding hydrogens is 207 g/mol. The van der Waals surface area contributed by atoms with E-state index in [1.807, 2.05) is 20.8 Å². The van der Waals surface area contributed by atoms with Gasteiger partial charge in [0, 0.05) is 0 Å². The molecule has 1 aromatic carbocycles. The van der Waals surface area contributed by atoms with Crippen LogP contribution in [0.15, 0.2) is 18.2 Å². The second kappa shape index (κ2) is 5.10. The maximum atomic E-state index is 13.0. The van der Waals surface area contributed by atoms with Crippen LogP contribution in [0.1, 0.15) is 37.3 Å². The molecule has 0 aliphatic heterocycles. The molecule has 0 aromatic heterocycles. The second-order valence-corrected chi connectivity index (χ2v) is 4.45. The monoisotopic (exact) mass is 224 g/mol. The fourth-order valence-electron chi connectivity index (χ4n) is 1.95. The quantitative estimate of drug-likeness (QED) is 0.851. The number of hydrogen-bond acceptors (Lipinski definition) is 1. The van der Waals surface area contributed by atoms with Crippen LogP contribution in [-0.4, -0.2) is 11.1 Å². The van der Waals surface area contributed by atoms with Crippen molar-refractivity contribution in [3.63, 3.8) is 0 Å². The second-order valence-electron chi connectivity index (χ2n) is 4.45. The fraction of sp³-hybridized carbons (Fsp3) is 0.462. The first-order valence-electron chi connectivity index (χ1n) is 5.39. The highest BCUT2D eigenvalue weighted by Crippen LogP contribution is 2.30. The minimum absolute atomic E-state index is 0.0573. The van der Waals surface area contributed by atoms with E-state index in [0.29, 0.717) is 0 Å². The predicted molar refractivity (Wildman–Crippen MR) is 61.0 cm³/mol. The van der Waals surface area contributed by atoms with Crippen LogP contribution in [0.4, 0.5) is 4.39 Å². The highest BCUT2D eigenvalue weighted by molar-refractivity contribution is 5.68. The zero-order chi connectivity index (χ0) is 12.3. The lowest BCUT2D eigenvalue weighted by Crippen LogP contribution is -2.13. The third-order valence-electron chi connectivity index (χ3n) is 2.83. The molecule has 1 N–H and O–H groups in total. The van der Waals surface area contributed by atoms with Gasteiger partial charge in [0.2, 0.25) is 0 Å². The fourth-order valence-corrected chi connectivity index (χ4v) is 1.95. The molecule has 0 saturated heterocycles. The molecule has 1 unspecified atom stereocenters. The third-order valence-corrected chi connectivity index (χ3v) is 2.83. The van der Waals surface area contributed by atoms with Crippen LogP contribution < -0.4 is 0 Å². The number of aliphatic carboxylic acids is 1. The van der Waals surface area contributed by atoms with Gasteiger partial charge in [-0.1, -0.05) is 19.9 Å². The summed E-state index contributed by atoms with van der Waals surface area (Å²) in [4.78, 5) is 10.8. The molecule has 88 valence electrons. The van der Waals surface area contributed by atoms with E-state index in [1.165, 1.54) is 12.1 Å². The molecule has 0 aliphatic carbocycles. The van der Waals surface area contributed by atoms with Gasteiger partial charge in [0.25, 0.3) is 0 Å². The Balaban J connectivity index is 3.05. The van der Waals surface area contributed by atoms with Crippen molar-refractivity contribution in [2.45, 2.75) is 33.1 Å². The van der Waals surface area contributed by atoms with E-state index in [1.54, 1.807) is 6.07 Å². The number of hydrogen-bond donors (Lipinski definition) is 1. The highest BCUT2D eigenvalue weighted by atomic mass is 19.1. The number of carboxylic acids is 1. The average molecular weight is 224 g/mol. The van der Waals surface area contributed by atoms with Crippen molar-refractivity contribution in [1.82, 2.24) is 0 Å². The number of carboxylic acid groups (broad SMARTS) is 1. The van der Waals surface area contributed by atoms with Crippen LogP contribution >= 0.6 is 0 Å². The average Bonchev–Trinajstić information content (AvgIpc) is 2.14. The molecule has 0 fully saturated rings. The molecule has 0 bridgehead atoms. The van der Waals surface area contributed by atoms with Crippen LogP contribution in [0.5, 0.6) is 0 Å². The molecule has 3 heteroatoms. The SMILES string of the molecule is Cc1cc(F)ccc1C(CC(=O)O)C(C)C. The van der Waals surface area contributed by atoms with Crippen LogP contribution in [0.3, 0.4) is 0 Å². The number of benzene rings is 1.